The van der Waals surface area contributed by atoms with Crippen LogP contribution >= 0.6 is 0 Å². The Balaban J connectivity index is 2.33. The van der Waals surface area contributed by atoms with E-state index in [4.69, 9.17) is 14.6 Å². The van der Waals surface area contributed by atoms with Crippen LogP contribution in [0.5, 0.6) is 11.5 Å². The normalized spacial score (nSPS) is 16.2. The number of aliphatic carboxylic acids is 2. The summed E-state index contributed by atoms with van der Waals surface area (Å²) in [4.78, 5) is 49.1. The predicted octanol–water partition coefficient (Wildman–Crippen LogP) is 0.747. The number of hydrogen-bond donors (Lipinski definition) is 3. The number of benzene rings is 1. The lowest BCUT2D eigenvalue weighted by atomic mass is 9.93. The summed E-state index contributed by atoms with van der Waals surface area (Å²) >= 11 is 0. The van der Waals surface area contributed by atoms with Crippen LogP contribution in [-0.4, -0.2) is 71.2 Å². The third kappa shape index (κ3) is 5.26. The minimum Gasteiger partial charge on any atom is -0.479 e. The minimum absolute atomic E-state index is 0.0639. The number of amides is 1. The molecule has 30 heavy (non-hydrogen) atoms. The molecule has 10 heteroatoms. The Morgan fingerprint density at radius 2 is 1.73 bits per heavy atom. The van der Waals surface area contributed by atoms with Crippen LogP contribution in [0.3, 0.4) is 0 Å². The summed E-state index contributed by atoms with van der Waals surface area (Å²) in [6.07, 6.45) is 1.62. The third-order valence-electron chi connectivity index (χ3n) is 4.99. The minimum atomic E-state index is -2.62. The number of piperidine rings is 1. The zero-order valence-electron chi connectivity index (χ0n) is 16.9. The number of rotatable bonds is 10. The SMILES string of the molecule is CC(=O)C(Oc1ccccc1OCC(=O)O)(C(=O)O)N(C)C(=O)CC1CCNCC1. The van der Waals surface area contributed by atoms with Gasteiger partial charge in [-0.25, -0.2) is 9.59 Å². The quantitative estimate of drug-likeness (QED) is 0.368. The molecule has 0 radical (unpaired) electrons. The molecule has 10 nitrogen and oxygen atoms in total. The fourth-order valence-corrected chi connectivity index (χ4v) is 3.31. The van der Waals surface area contributed by atoms with Crippen LogP contribution in [0, 0.1) is 5.92 Å². The summed E-state index contributed by atoms with van der Waals surface area (Å²) < 4.78 is 10.7. The summed E-state index contributed by atoms with van der Waals surface area (Å²) in [6.45, 7) is 1.86. The first-order chi connectivity index (χ1) is 14.2. The molecule has 0 aromatic heterocycles. The van der Waals surface area contributed by atoms with Crippen LogP contribution in [0.4, 0.5) is 0 Å². The smallest absolute Gasteiger partial charge is 0.378 e. The van der Waals surface area contributed by atoms with E-state index in [1.165, 1.54) is 31.3 Å². The van der Waals surface area contributed by atoms with Gasteiger partial charge in [-0.2, -0.15) is 0 Å². The van der Waals surface area contributed by atoms with Crippen molar-refractivity contribution in [1.29, 1.82) is 0 Å². The van der Waals surface area contributed by atoms with Gasteiger partial charge in [0, 0.05) is 20.4 Å². The van der Waals surface area contributed by atoms with Crippen molar-refractivity contribution in [3.8, 4) is 11.5 Å². The standard InChI is InChI=1S/C20H26N2O8/c1-13(23)20(19(27)28,22(2)17(24)11-14-7-9-21-10-8-14)30-16-6-4-3-5-15(16)29-12-18(25)26/h3-6,14,21H,7-12H2,1-2H3,(H,25,26)(H,27,28). The first-order valence-electron chi connectivity index (χ1n) is 9.53. The molecule has 2 rings (SSSR count). The molecule has 1 aromatic carbocycles. The number of carboxylic acid groups (broad SMARTS) is 2. The molecule has 1 heterocycles. The highest BCUT2D eigenvalue weighted by Crippen LogP contribution is 2.32. The van der Waals surface area contributed by atoms with E-state index in [2.05, 4.69) is 5.32 Å². The molecule has 0 spiro atoms. The van der Waals surface area contributed by atoms with Gasteiger partial charge in [0.05, 0.1) is 0 Å². The summed E-state index contributed by atoms with van der Waals surface area (Å²) in [7, 11) is 1.21. The largest absolute Gasteiger partial charge is 0.479 e. The van der Waals surface area contributed by atoms with Crippen molar-refractivity contribution in [2.24, 2.45) is 5.92 Å². The molecule has 0 aliphatic carbocycles. The number of ether oxygens (including phenoxy) is 2. The van der Waals surface area contributed by atoms with Gasteiger partial charge in [0.1, 0.15) is 0 Å². The second-order valence-corrected chi connectivity index (χ2v) is 7.09. The van der Waals surface area contributed by atoms with E-state index >= 15 is 0 Å². The number of nitrogens with one attached hydrogen (secondary N) is 1. The zero-order valence-corrected chi connectivity index (χ0v) is 16.9. The molecule has 1 amide bonds. The maximum absolute atomic E-state index is 12.9. The summed E-state index contributed by atoms with van der Waals surface area (Å²) in [6, 6.07) is 5.75. The van der Waals surface area contributed by atoms with Crippen LogP contribution in [0.25, 0.3) is 0 Å². The summed E-state index contributed by atoms with van der Waals surface area (Å²) in [5, 5.41) is 21.9. The highest BCUT2D eigenvalue weighted by Gasteiger charge is 2.53. The fraction of sp³-hybridized carbons (Fsp3) is 0.500. The van der Waals surface area contributed by atoms with Crippen LogP contribution in [-0.2, 0) is 19.2 Å². The van der Waals surface area contributed by atoms with E-state index in [1.54, 1.807) is 0 Å². The van der Waals surface area contributed by atoms with Crippen molar-refractivity contribution in [3.05, 3.63) is 24.3 Å². The number of carboxylic acids is 2. The monoisotopic (exact) mass is 422 g/mol. The molecule has 0 bridgehead atoms. The first kappa shape index (κ1) is 23.1. The van der Waals surface area contributed by atoms with Crippen LogP contribution in [0.15, 0.2) is 24.3 Å². The topological polar surface area (TPSA) is 142 Å². The average Bonchev–Trinajstić information content (AvgIpc) is 2.70. The molecule has 0 saturated carbocycles. The molecule has 164 valence electrons. The van der Waals surface area contributed by atoms with Crippen molar-refractivity contribution in [2.45, 2.75) is 31.9 Å². The van der Waals surface area contributed by atoms with E-state index in [0.717, 1.165) is 37.8 Å². The van der Waals surface area contributed by atoms with E-state index in [0.29, 0.717) is 0 Å². The Labute approximate surface area is 173 Å². The van der Waals surface area contributed by atoms with Gasteiger partial charge in [-0.15, -0.1) is 0 Å². The third-order valence-corrected chi connectivity index (χ3v) is 4.99. The lowest BCUT2D eigenvalue weighted by Gasteiger charge is -2.37. The zero-order chi connectivity index (χ0) is 22.3. The predicted molar refractivity (Wildman–Crippen MR) is 104 cm³/mol. The number of Topliss-reactive ketones (excluding diaryl/α,β-unsaturated/α-hetero) is 1. The molecule has 1 aromatic rings. The van der Waals surface area contributed by atoms with Gasteiger partial charge in [-0.3, -0.25) is 14.5 Å². The van der Waals surface area contributed by atoms with Gasteiger partial charge in [0.15, 0.2) is 18.1 Å². The van der Waals surface area contributed by atoms with Crippen molar-refractivity contribution < 1.29 is 38.9 Å². The molecule has 1 saturated heterocycles. The highest BCUT2D eigenvalue weighted by atomic mass is 16.6. The molecular weight excluding hydrogens is 396 g/mol. The van der Waals surface area contributed by atoms with Gasteiger partial charge >= 0.3 is 17.7 Å². The second-order valence-electron chi connectivity index (χ2n) is 7.09. The highest BCUT2D eigenvalue weighted by molar-refractivity contribution is 6.08. The van der Waals surface area contributed by atoms with Crippen LogP contribution in [0.2, 0.25) is 0 Å². The number of nitrogens with zero attached hydrogens (tertiary/aromatic N) is 1. The van der Waals surface area contributed by atoms with Gasteiger partial charge in [0.25, 0.3) is 0 Å². The number of hydrogen-bond acceptors (Lipinski definition) is 7. The van der Waals surface area contributed by atoms with E-state index < -0.39 is 36.0 Å². The second kappa shape index (κ2) is 10.1. The van der Waals surface area contributed by atoms with Gasteiger partial charge in [0.2, 0.25) is 11.7 Å². The molecule has 1 unspecified atom stereocenters. The van der Waals surface area contributed by atoms with Crippen molar-refractivity contribution in [2.75, 3.05) is 26.7 Å². The Hall–Kier alpha value is -3.14. The maximum atomic E-state index is 12.9. The molecule has 1 fully saturated rings. The van der Waals surface area contributed by atoms with Crippen molar-refractivity contribution in [1.82, 2.24) is 10.2 Å². The first-order valence-corrected chi connectivity index (χ1v) is 9.53. The molecule has 1 atom stereocenters. The number of para-hydroxylation sites is 2. The number of likely N-dealkylation sites (N-methyl/N-ethyl adjacent to an activating group) is 1. The lowest BCUT2D eigenvalue weighted by Crippen LogP contribution is -2.64. The van der Waals surface area contributed by atoms with Crippen molar-refractivity contribution in [3.63, 3.8) is 0 Å². The summed E-state index contributed by atoms with van der Waals surface area (Å²) in [5.74, 6) is -4.51. The lowest BCUT2D eigenvalue weighted by molar-refractivity contribution is -0.184. The number of carbonyl (C=O) groups excluding carboxylic acids is 2. The van der Waals surface area contributed by atoms with E-state index in [9.17, 15) is 24.3 Å². The van der Waals surface area contributed by atoms with Crippen LogP contribution < -0.4 is 14.8 Å². The van der Waals surface area contributed by atoms with Gasteiger partial charge in [-0.1, -0.05) is 12.1 Å². The average molecular weight is 422 g/mol. The molecule has 1 aliphatic heterocycles. The Kier molecular flexibility index (Phi) is 7.76. The fourth-order valence-electron chi connectivity index (χ4n) is 3.31. The van der Waals surface area contributed by atoms with E-state index in [1.807, 2.05) is 0 Å². The molecule has 1 aliphatic rings. The Morgan fingerprint density at radius 3 is 2.27 bits per heavy atom. The van der Waals surface area contributed by atoms with Gasteiger partial charge < -0.3 is 25.0 Å². The van der Waals surface area contributed by atoms with E-state index in [-0.39, 0.29) is 23.8 Å². The maximum Gasteiger partial charge on any atom is 0.378 e. The Bertz CT molecular complexity index is 790. The number of ketones is 1. The molecule has 3 N–H and O–H groups in total. The summed E-state index contributed by atoms with van der Waals surface area (Å²) in [5.41, 5.74) is -2.62. The number of carbonyl (C=O) groups is 4. The van der Waals surface area contributed by atoms with Crippen molar-refractivity contribution >= 4 is 23.6 Å². The van der Waals surface area contributed by atoms with Gasteiger partial charge in [-0.05, 0) is 44.0 Å². The molecular formula is C20H26N2O8. The Morgan fingerprint density at radius 1 is 1.13 bits per heavy atom. The van der Waals surface area contributed by atoms with Crippen LogP contribution in [0.1, 0.15) is 26.2 Å².